The number of carbonyl (C=O) groups is 6. The monoisotopic (exact) mass is 596 g/mol. The number of benzene rings is 2. The number of epoxide rings is 1. The van der Waals surface area contributed by atoms with Gasteiger partial charge in [-0.2, -0.15) is 0 Å². The van der Waals surface area contributed by atoms with Crippen molar-refractivity contribution in [2.45, 2.75) is 64.5 Å². The molecule has 13 nitrogen and oxygen atoms in total. The molecule has 0 radical (unpaired) electrons. The molecule has 1 heterocycles. The summed E-state index contributed by atoms with van der Waals surface area (Å²) in [6.07, 6.45) is -1.95. The van der Waals surface area contributed by atoms with Crippen LogP contribution in [0.25, 0.3) is 0 Å². The number of carbonyl (C=O) groups excluding carboxylic acids is 5. The lowest BCUT2D eigenvalue weighted by Gasteiger charge is -2.26. The van der Waals surface area contributed by atoms with Gasteiger partial charge in [-0.1, -0.05) is 74.5 Å². The smallest absolute Gasteiger partial charge is 0.338 e. The second-order valence-corrected chi connectivity index (χ2v) is 10.4. The highest BCUT2D eigenvalue weighted by Crippen LogP contribution is 2.25. The van der Waals surface area contributed by atoms with Crippen molar-refractivity contribution in [2.24, 2.45) is 5.92 Å². The SMILES string of the molecule is CC(NC(=O)C(NC(=O)CCc1ccccc1)C(C)C)C(=O)NN(CC(=O)O)C(=O)C1OC1C(=O)OCc1ccccc1. The largest absolute Gasteiger partial charge is 0.480 e. The number of nitrogens with zero attached hydrogens (tertiary/aromatic N) is 1. The fourth-order valence-corrected chi connectivity index (χ4v) is 4.03. The summed E-state index contributed by atoms with van der Waals surface area (Å²) in [5, 5.41) is 14.9. The highest BCUT2D eigenvalue weighted by molar-refractivity contribution is 5.96. The van der Waals surface area contributed by atoms with Crippen LogP contribution in [0, 0.1) is 5.92 Å². The van der Waals surface area contributed by atoms with Crippen molar-refractivity contribution in [1.29, 1.82) is 0 Å². The number of esters is 1. The van der Waals surface area contributed by atoms with Crippen LogP contribution >= 0.6 is 0 Å². The van der Waals surface area contributed by atoms with E-state index in [2.05, 4.69) is 16.1 Å². The number of rotatable bonds is 14. The zero-order valence-corrected chi connectivity index (χ0v) is 24.1. The molecule has 4 N–H and O–H groups in total. The summed E-state index contributed by atoms with van der Waals surface area (Å²) in [6, 6.07) is 16.1. The zero-order chi connectivity index (χ0) is 31.5. The third-order valence-electron chi connectivity index (χ3n) is 6.50. The predicted molar refractivity (Wildman–Crippen MR) is 152 cm³/mol. The average Bonchev–Trinajstić information content (AvgIpc) is 3.78. The number of hydrogen-bond donors (Lipinski definition) is 4. The highest BCUT2D eigenvalue weighted by atomic mass is 16.6. The minimum atomic E-state index is -1.44. The predicted octanol–water partition coefficient (Wildman–Crippen LogP) is 0.720. The minimum Gasteiger partial charge on any atom is -0.480 e. The van der Waals surface area contributed by atoms with E-state index in [9.17, 15) is 33.9 Å². The van der Waals surface area contributed by atoms with Gasteiger partial charge in [-0.05, 0) is 30.4 Å². The molecule has 1 fully saturated rings. The molecule has 4 amide bonds. The molecule has 2 aromatic rings. The van der Waals surface area contributed by atoms with Gasteiger partial charge in [0.1, 0.15) is 25.2 Å². The van der Waals surface area contributed by atoms with Gasteiger partial charge in [0.2, 0.25) is 11.8 Å². The maximum Gasteiger partial charge on any atom is 0.338 e. The standard InChI is InChI=1S/C30H36N4O9/c1-18(2)24(32-22(35)15-14-20-10-6-4-7-11-20)28(39)31-19(3)27(38)33-34(16-23(36)37)29(40)25-26(43-25)30(41)42-17-21-12-8-5-9-13-21/h4-13,18-19,24-26H,14-17H2,1-3H3,(H,31,39)(H,32,35)(H,33,38)(H,36,37). The average molecular weight is 597 g/mol. The van der Waals surface area contributed by atoms with Crippen LogP contribution in [0.1, 0.15) is 38.3 Å². The third kappa shape index (κ3) is 10.2. The Morgan fingerprint density at radius 3 is 2.05 bits per heavy atom. The molecule has 0 aliphatic carbocycles. The summed E-state index contributed by atoms with van der Waals surface area (Å²) in [6.45, 7) is 3.83. The first-order valence-corrected chi connectivity index (χ1v) is 13.8. The van der Waals surface area contributed by atoms with E-state index < -0.39 is 60.5 Å². The third-order valence-corrected chi connectivity index (χ3v) is 6.50. The first-order chi connectivity index (χ1) is 20.5. The van der Waals surface area contributed by atoms with Crippen molar-refractivity contribution < 1.29 is 43.3 Å². The molecule has 1 aliphatic heterocycles. The molecule has 0 spiro atoms. The minimum absolute atomic E-state index is 0.0436. The van der Waals surface area contributed by atoms with Crippen LogP contribution in [-0.2, 0) is 51.3 Å². The molecule has 3 rings (SSSR count). The Hall–Kier alpha value is -4.78. The summed E-state index contributed by atoms with van der Waals surface area (Å²) in [5.74, 6) is -5.40. The van der Waals surface area contributed by atoms with Crippen molar-refractivity contribution in [3.05, 3.63) is 71.8 Å². The molecule has 0 bridgehead atoms. The fraction of sp³-hybridized carbons (Fsp3) is 0.400. The summed E-state index contributed by atoms with van der Waals surface area (Å²) in [7, 11) is 0. The van der Waals surface area contributed by atoms with Crippen molar-refractivity contribution in [3.63, 3.8) is 0 Å². The Kier molecular flexibility index (Phi) is 11.8. The summed E-state index contributed by atoms with van der Waals surface area (Å²) >= 11 is 0. The number of hydrazine groups is 1. The first kappa shape index (κ1) is 32.7. The van der Waals surface area contributed by atoms with Crippen LogP contribution < -0.4 is 16.1 Å². The molecule has 43 heavy (non-hydrogen) atoms. The Morgan fingerprint density at radius 1 is 0.860 bits per heavy atom. The van der Waals surface area contributed by atoms with Gasteiger partial charge in [-0.3, -0.25) is 29.4 Å². The second-order valence-electron chi connectivity index (χ2n) is 10.4. The van der Waals surface area contributed by atoms with E-state index in [1.807, 2.05) is 30.3 Å². The van der Waals surface area contributed by atoms with E-state index in [1.165, 1.54) is 6.92 Å². The van der Waals surface area contributed by atoms with Gasteiger partial charge in [0, 0.05) is 6.42 Å². The van der Waals surface area contributed by atoms with Crippen molar-refractivity contribution in [1.82, 2.24) is 21.1 Å². The number of nitrogens with one attached hydrogen (secondary N) is 3. The lowest BCUT2D eigenvalue weighted by Crippen LogP contribution is -2.58. The number of ether oxygens (including phenoxy) is 2. The van der Waals surface area contributed by atoms with E-state index in [-0.39, 0.29) is 24.9 Å². The van der Waals surface area contributed by atoms with Gasteiger partial charge in [0.25, 0.3) is 11.8 Å². The van der Waals surface area contributed by atoms with Crippen LogP contribution in [0.4, 0.5) is 0 Å². The fourth-order valence-electron chi connectivity index (χ4n) is 4.03. The number of aliphatic carboxylic acids is 1. The number of amides is 4. The molecular formula is C30H36N4O9. The van der Waals surface area contributed by atoms with E-state index in [0.717, 1.165) is 11.1 Å². The van der Waals surface area contributed by atoms with Crippen LogP contribution in [0.5, 0.6) is 0 Å². The molecule has 0 aromatic heterocycles. The highest BCUT2D eigenvalue weighted by Gasteiger charge is 2.53. The molecule has 1 aliphatic rings. The summed E-state index contributed by atoms with van der Waals surface area (Å²) in [4.78, 5) is 74.9. The van der Waals surface area contributed by atoms with E-state index >= 15 is 0 Å². The molecule has 4 atom stereocenters. The number of aryl methyl sites for hydroxylation is 1. The van der Waals surface area contributed by atoms with Crippen LogP contribution in [0.3, 0.4) is 0 Å². The molecular weight excluding hydrogens is 560 g/mol. The number of carboxylic acids is 1. The lowest BCUT2D eigenvalue weighted by atomic mass is 10.0. The Balaban J connectivity index is 1.52. The lowest BCUT2D eigenvalue weighted by molar-refractivity contribution is -0.151. The van der Waals surface area contributed by atoms with Gasteiger partial charge in [0.05, 0.1) is 0 Å². The molecule has 230 valence electrons. The molecule has 2 aromatic carbocycles. The summed E-state index contributed by atoms with van der Waals surface area (Å²) in [5.41, 5.74) is 3.87. The topological polar surface area (TPSA) is 184 Å². The Morgan fingerprint density at radius 2 is 1.47 bits per heavy atom. The van der Waals surface area contributed by atoms with E-state index in [1.54, 1.807) is 44.2 Å². The van der Waals surface area contributed by atoms with Crippen molar-refractivity contribution >= 4 is 35.6 Å². The quantitative estimate of drug-likeness (QED) is 0.139. The van der Waals surface area contributed by atoms with Gasteiger partial charge in [-0.15, -0.1) is 0 Å². The van der Waals surface area contributed by atoms with Gasteiger partial charge in [0.15, 0.2) is 12.2 Å². The first-order valence-electron chi connectivity index (χ1n) is 13.8. The van der Waals surface area contributed by atoms with Gasteiger partial charge in [-0.25, -0.2) is 9.80 Å². The Bertz CT molecular complexity index is 1300. The molecule has 0 saturated carbocycles. The van der Waals surface area contributed by atoms with Crippen LogP contribution in [0.15, 0.2) is 60.7 Å². The van der Waals surface area contributed by atoms with Gasteiger partial charge < -0.3 is 25.2 Å². The zero-order valence-electron chi connectivity index (χ0n) is 24.1. The summed E-state index contributed by atoms with van der Waals surface area (Å²) < 4.78 is 10.3. The maximum absolute atomic E-state index is 13.0. The second kappa shape index (κ2) is 15.4. The van der Waals surface area contributed by atoms with Crippen molar-refractivity contribution in [3.8, 4) is 0 Å². The molecule has 4 unspecified atom stereocenters. The van der Waals surface area contributed by atoms with E-state index in [0.29, 0.717) is 11.4 Å². The van der Waals surface area contributed by atoms with Crippen LogP contribution in [-0.4, -0.2) is 76.5 Å². The van der Waals surface area contributed by atoms with E-state index in [4.69, 9.17) is 9.47 Å². The molecule has 1 saturated heterocycles. The van der Waals surface area contributed by atoms with Crippen molar-refractivity contribution in [2.75, 3.05) is 6.54 Å². The number of carboxylic acid groups (broad SMARTS) is 1. The normalized spacial score (nSPS) is 16.7. The van der Waals surface area contributed by atoms with Crippen LogP contribution in [0.2, 0.25) is 0 Å². The maximum atomic E-state index is 13.0. The number of hydrogen-bond acceptors (Lipinski definition) is 8. The Labute approximate surface area is 248 Å². The van der Waals surface area contributed by atoms with Gasteiger partial charge >= 0.3 is 11.9 Å². The molecule has 13 heteroatoms.